The Kier molecular flexibility index (Phi) is 3.48. The molecule has 6 heteroatoms. The van der Waals surface area contributed by atoms with Gasteiger partial charge in [0.15, 0.2) is 5.69 Å². The highest BCUT2D eigenvalue weighted by atomic mass is 35.5. The number of nitrogens with one attached hydrogen (secondary N) is 1. The molecule has 0 saturated carbocycles. The molecule has 0 saturated heterocycles. The van der Waals surface area contributed by atoms with Gasteiger partial charge in [0, 0.05) is 11.6 Å². The number of carbonyl (C=O) groups is 1. The van der Waals surface area contributed by atoms with Crippen molar-refractivity contribution in [1.82, 2.24) is 14.1 Å². The summed E-state index contributed by atoms with van der Waals surface area (Å²) in [5.41, 5.74) is 1.21. The molecular formula is C10H8ClN3OS. The van der Waals surface area contributed by atoms with Crippen molar-refractivity contribution in [2.45, 2.75) is 6.54 Å². The summed E-state index contributed by atoms with van der Waals surface area (Å²) < 4.78 is 7.60. The Morgan fingerprint density at radius 1 is 1.44 bits per heavy atom. The summed E-state index contributed by atoms with van der Waals surface area (Å²) >= 11 is 6.96. The van der Waals surface area contributed by atoms with Gasteiger partial charge in [-0.2, -0.15) is 8.75 Å². The van der Waals surface area contributed by atoms with Crippen molar-refractivity contribution in [2.75, 3.05) is 0 Å². The van der Waals surface area contributed by atoms with Gasteiger partial charge in [-0.1, -0.05) is 29.8 Å². The van der Waals surface area contributed by atoms with Gasteiger partial charge >= 0.3 is 0 Å². The summed E-state index contributed by atoms with van der Waals surface area (Å²) in [6, 6.07) is 7.37. The van der Waals surface area contributed by atoms with Crippen LogP contribution in [0.4, 0.5) is 0 Å². The minimum absolute atomic E-state index is 0.242. The van der Waals surface area contributed by atoms with E-state index >= 15 is 0 Å². The standard InChI is InChI=1S/C10H8ClN3OS/c11-8-4-2-1-3-7(8)5-12-10(15)9-6-13-16-14-9/h1-4,6H,5H2,(H,12,15). The summed E-state index contributed by atoms with van der Waals surface area (Å²) in [6.07, 6.45) is 1.44. The molecule has 0 aliphatic heterocycles. The fourth-order valence-corrected chi connectivity index (χ4v) is 1.79. The molecule has 0 fully saturated rings. The van der Waals surface area contributed by atoms with Gasteiger partial charge in [0.25, 0.3) is 5.91 Å². The lowest BCUT2D eigenvalue weighted by atomic mass is 10.2. The van der Waals surface area contributed by atoms with E-state index in [1.54, 1.807) is 6.07 Å². The average Bonchev–Trinajstić information content (AvgIpc) is 2.81. The number of amides is 1. The monoisotopic (exact) mass is 253 g/mol. The maximum atomic E-state index is 11.5. The zero-order chi connectivity index (χ0) is 11.4. The van der Waals surface area contributed by atoms with Gasteiger partial charge in [0.05, 0.1) is 17.9 Å². The van der Waals surface area contributed by atoms with Crippen molar-refractivity contribution in [3.8, 4) is 0 Å². The van der Waals surface area contributed by atoms with Gasteiger partial charge in [-0.3, -0.25) is 4.79 Å². The first-order chi connectivity index (χ1) is 7.77. The van der Waals surface area contributed by atoms with Crippen molar-refractivity contribution >= 4 is 29.2 Å². The lowest BCUT2D eigenvalue weighted by Crippen LogP contribution is -2.23. The first-order valence-corrected chi connectivity index (χ1v) is 5.67. The van der Waals surface area contributed by atoms with Crippen molar-refractivity contribution in [2.24, 2.45) is 0 Å². The molecule has 1 heterocycles. The molecule has 0 bridgehead atoms. The molecule has 1 amide bonds. The van der Waals surface area contributed by atoms with Crippen LogP contribution in [-0.2, 0) is 6.54 Å². The first-order valence-electron chi connectivity index (χ1n) is 4.56. The third-order valence-electron chi connectivity index (χ3n) is 1.99. The van der Waals surface area contributed by atoms with Crippen LogP contribution in [0.3, 0.4) is 0 Å². The second-order valence-electron chi connectivity index (χ2n) is 3.07. The molecule has 82 valence electrons. The van der Waals surface area contributed by atoms with Crippen molar-refractivity contribution < 1.29 is 4.79 Å². The summed E-state index contributed by atoms with van der Waals surface area (Å²) in [5, 5.41) is 3.36. The third kappa shape index (κ3) is 2.56. The van der Waals surface area contributed by atoms with E-state index in [2.05, 4.69) is 14.1 Å². The van der Waals surface area contributed by atoms with Gasteiger partial charge in [0.1, 0.15) is 0 Å². The predicted molar refractivity (Wildman–Crippen MR) is 62.5 cm³/mol. The maximum Gasteiger partial charge on any atom is 0.272 e. The van der Waals surface area contributed by atoms with Crippen LogP contribution >= 0.6 is 23.3 Å². The van der Waals surface area contributed by atoms with Crippen molar-refractivity contribution in [3.63, 3.8) is 0 Å². The molecule has 0 aliphatic rings. The zero-order valence-electron chi connectivity index (χ0n) is 8.18. The molecule has 2 aromatic rings. The van der Waals surface area contributed by atoms with E-state index in [0.717, 1.165) is 17.3 Å². The van der Waals surface area contributed by atoms with Crippen molar-refractivity contribution in [1.29, 1.82) is 0 Å². The van der Waals surface area contributed by atoms with E-state index in [0.29, 0.717) is 17.3 Å². The Bertz CT molecular complexity index is 487. The predicted octanol–water partition coefficient (Wildman–Crippen LogP) is 2.12. The molecule has 0 atom stereocenters. The quantitative estimate of drug-likeness (QED) is 0.912. The molecule has 4 nitrogen and oxygen atoms in total. The number of hydrogen-bond acceptors (Lipinski definition) is 4. The second-order valence-corrected chi connectivity index (χ2v) is 4.03. The van der Waals surface area contributed by atoms with Gasteiger partial charge in [0.2, 0.25) is 0 Å². The van der Waals surface area contributed by atoms with E-state index in [-0.39, 0.29) is 5.91 Å². The number of benzene rings is 1. The molecule has 1 N–H and O–H groups in total. The van der Waals surface area contributed by atoms with Gasteiger partial charge < -0.3 is 5.32 Å². The topological polar surface area (TPSA) is 54.9 Å². The number of aromatic nitrogens is 2. The lowest BCUT2D eigenvalue weighted by molar-refractivity contribution is 0.0947. The third-order valence-corrected chi connectivity index (χ3v) is 2.84. The Morgan fingerprint density at radius 2 is 2.25 bits per heavy atom. The Labute approximate surface area is 102 Å². The lowest BCUT2D eigenvalue weighted by Gasteiger charge is -2.04. The largest absolute Gasteiger partial charge is 0.346 e. The maximum absolute atomic E-state index is 11.5. The fourth-order valence-electron chi connectivity index (χ4n) is 1.17. The van der Waals surface area contributed by atoms with Crippen LogP contribution < -0.4 is 5.32 Å². The van der Waals surface area contributed by atoms with Gasteiger partial charge in [-0.05, 0) is 11.6 Å². The van der Waals surface area contributed by atoms with Crippen LogP contribution in [0.5, 0.6) is 0 Å². The molecule has 0 unspecified atom stereocenters. The molecule has 0 aliphatic carbocycles. The van der Waals surface area contributed by atoms with Crippen LogP contribution in [0, 0.1) is 0 Å². The molecule has 1 aromatic carbocycles. The van der Waals surface area contributed by atoms with Crippen LogP contribution in [0.1, 0.15) is 16.1 Å². The Hall–Kier alpha value is -1.46. The minimum atomic E-state index is -0.242. The SMILES string of the molecule is O=C(NCc1ccccc1Cl)c1cnsn1. The number of carbonyl (C=O) groups excluding carboxylic acids is 1. The first kappa shape index (κ1) is 11.0. The van der Waals surface area contributed by atoms with E-state index in [1.165, 1.54) is 6.20 Å². The number of nitrogens with zero attached hydrogens (tertiary/aromatic N) is 2. The Morgan fingerprint density at radius 3 is 2.94 bits per heavy atom. The zero-order valence-corrected chi connectivity index (χ0v) is 9.76. The molecule has 2 rings (SSSR count). The van der Waals surface area contributed by atoms with Crippen molar-refractivity contribution in [3.05, 3.63) is 46.7 Å². The van der Waals surface area contributed by atoms with Gasteiger partial charge in [-0.25, -0.2) is 0 Å². The van der Waals surface area contributed by atoms with Crippen LogP contribution in [0.25, 0.3) is 0 Å². The molecule has 16 heavy (non-hydrogen) atoms. The van der Waals surface area contributed by atoms with Crippen LogP contribution in [0.15, 0.2) is 30.5 Å². The normalized spacial score (nSPS) is 10.1. The van der Waals surface area contributed by atoms with E-state index in [1.807, 2.05) is 18.2 Å². The summed E-state index contributed by atoms with van der Waals surface area (Å²) in [5.74, 6) is -0.242. The highest BCUT2D eigenvalue weighted by Gasteiger charge is 2.08. The second kappa shape index (κ2) is 5.05. The minimum Gasteiger partial charge on any atom is -0.346 e. The van der Waals surface area contributed by atoms with Crippen LogP contribution in [0.2, 0.25) is 5.02 Å². The van der Waals surface area contributed by atoms with Crippen LogP contribution in [-0.4, -0.2) is 14.7 Å². The molecule has 0 radical (unpaired) electrons. The summed E-state index contributed by atoms with van der Waals surface area (Å²) in [4.78, 5) is 11.5. The summed E-state index contributed by atoms with van der Waals surface area (Å²) in [7, 11) is 0. The average molecular weight is 254 g/mol. The van der Waals surface area contributed by atoms with Gasteiger partial charge in [-0.15, -0.1) is 0 Å². The number of halogens is 1. The molecule has 0 spiro atoms. The highest BCUT2D eigenvalue weighted by molar-refractivity contribution is 6.99. The smallest absolute Gasteiger partial charge is 0.272 e. The highest BCUT2D eigenvalue weighted by Crippen LogP contribution is 2.14. The van der Waals surface area contributed by atoms with E-state index in [9.17, 15) is 4.79 Å². The number of hydrogen-bond donors (Lipinski definition) is 1. The molecule has 1 aromatic heterocycles. The van der Waals surface area contributed by atoms with E-state index in [4.69, 9.17) is 11.6 Å². The fraction of sp³-hybridized carbons (Fsp3) is 0.100. The van der Waals surface area contributed by atoms with E-state index < -0.39 is 0 Å². The molecular weight excluding hydrogens is 246 g/mol. The number of rotatable bonds is 3. The summed E-state index contributed by atoms with van der Waals surface area (Å²) in [6.45, 7) is 0.385. The Balaban J connectivity index is 1.98.